The monoisotopic (exact) mass is 444 g/mol. The first-order valence-electron chi connectivity index (χ1n) is 9.58. The quantitative estimate of drug-likeness (QED) is 0.209. The van der Waals surface area contributed by atoms with Crippen LogP contribution in [0.25, 0.3) is 0 Å². The number of benzene rings is 1. The summed E-state index contributed by atoms with van der Waals surface area (Å²) in [4.78, 5) is 5.34. The summed E-state index contributed by atoms with van der Waals surface area (Å²) >= 11 is 1.53. The van der Waals surface area contributed by atoms with Crippen molar-refractivity contribution < 1.29 is 13.6 Å². The first-order chi connectivity index (χ1) is 14.6. The number of hydrogen-bond acceptors (Lipinski definition) is 7. The molecule has 0 bridgehead atoms. The molecule has 9 heteroatoms. The number of thiophene rings is 1. The molecule has 0 unspecified atom stereocenters. The molecule has 0 saturated heterocycles. The molecule has 0 aliphatic heterocycles. The second-order valence-electron chi connectivity index (χ2n) is 6.44. The maximum atomic E-state index is 13.0. The highest BCUT2D eigenvalue weighted by Gasteiger charge is 2.23. The van der Waals surface area contributed by atoms with E-state index in [1.165, 1.54) is 21.8 Å². The molecule has 0 radical (unpaired) electrons. The van der Waals surface area contributed by atoms with E-state index in [4.69, 9.17) is 5.21 Å². The molecule has 0 amide bonds. The molecule has 0 saturated carbocycles. The standard InChI is InChI=1S/C21H24N4O3S2/c1-2-25(17-8-4-3-5-9-17)30(27,28)18-12-13-21(23-16-18)22-14-6-10-19(24-26)20-11-7-15-29-20/h3-5,7-9,11-13,15-16,26H,2,6,10,14H2,1H3,(H,22,23). The fourth-order valence-corrected chi connectivity index (χ4v) is 5.15. The Morgan fingerprint density at radius 3 is 2.57 bits per heavy atom. The largest absolute Gasteiger partial charge is 0.411 e. The van der Waals surface area contributed by atoms with Crippen molar-refractivity contribution in [3.05, 3.63) is 71.1 Å². The van der Waals surface area contributed by atoms with Gasteiger partial charge in [-0.25, -0.2) is 13.4 Å². The molecule has 0 spiro atoms. The summed E-state index contributed by atoms with van der Waals surface area (Å²) < 4.78 is 27.3. The number of sulfonamides is 1. The van der Waals surface area contributed by atoms with Crippen molar-refractivity contribution in [3.8, 4) is 0 Å². The summed E-state index contributed by atoms with van der Waals surface area (Å²) in [7, 11) is -3.69. The number of nitrogens with one attached hydrogen (secondary N) is 1. The molecule has 7 nitrogen and oxygen atoms in total. The molecular formula is C21H24N4O3S2. The minimum Gasteiger partial charge on any atom is -0.411 e. The average molecular weight is 445 g/mol. The van der Waals surface area contributed by atoms with Crippen LogP contribution in [0.1, 0.15) is 24.6 Å². The highest BCUT2D eigenvalue weighted by atomic mass is 32.2. The number of hydrogen-bond donors (Lipinski definition) is 2. The molecular weight excluding hydrogens is 420 g/mol. The van der Waals surface area contributed by atoms with E-state index in [1.54, 1.807) is 31.2 Å². The molecule has 0 fully saturated rings. The van der Waals surface area contributed by atoms with Gasteiger partial charge in [-0.3, -0.25) is 4.31 Å². The van der Waals surface area contributed by atoms with Crippen molar-refractivity contribution in [2.45, 2.75) is 24.7 Å². The third-order valence-electron chi connectivity index (χ3n) is 4.48. The summed E-state index contributed by atoms with van der Waals surface area (Å²) in [6.07, 6.45) is 2.74. The van der Waals surface area contributed by atoms with E-state index in [0.717, 1.165) is 11.3 Å². The highest BCUT2D eigenvalue weighted by molar-refractivity contribution is 7.92. The second-order valence-corrected chi connectivity index (χ2v) is 9.25. The molecule has 3 rings (SSSR count). The number of aromatic nitrogens is 1. The molecule has 0 aliphatic carbocycles. The predicted molar refractivity (Wildman–Crippen MR) is 121 cm³/mol. The molecule has 0 aliphatic rings. The van der Waals surface area contributed by atoms with Gasteiger partial charge in [0.2, 0.25) is 0 Å². The maximum Gasteiger partial charge on any atom is 0.265 e. The van der Waals surface area contributed by atoms with Crippen LogP contribution in [0.5, 0.6) is 0 Å². The minimum atomic E-state index is -3.69. The van der Waals surface area contributed by atoms with Gasteiger partial charge < -0.3 is 10.5 Å². The van der Waals surface area contributed by atoms with E-state index in [9.17, 15) is 8.42 Å². The van der Waals surface area contributed by atoms with Crippen molar-refractivity contribution in [2.75, 3.05) is 22.7 Å². The van der Waals surface area contributed by atoms with E-state index >= 15 is 0 Å². The lowest BCUT2D eigenvalue weighted by Gasteiger charge is -2.22. The van der Waals surface area contributed by atoms with E-state index in [0.29, 0.717) is 36.7 Å². The van der Waals surface area contributed by atoms with Crippen molar-refractivity contribution in [1.29, 1.82) is 0 Å². The number of oxime groups is 1. The van der Waals surface area contributed by atoms with Crippen LogP contribution in [0, 0.1) is 0 Å². The Balaban J connectivity index is 1.59. The van der Waals surface area contributed by atoms with E-state index < -0.39 is 10.0 Å². The molecule has 2 N–H and O–H groups in total. The van der Waals surface area contributed by atoms with Crippen LogP contribution in [-0.2, 0) is 10.0 Å². The summed E-state index contributed by atoms with van der Waals surface area (Å²) in [6, 6.07) is 16.1. The third kappa shape index (κ3) is 5.17. The van der Waals surface area contributed by atoms with E-state index in [-0.39, 0.29) is 4.90 Å². The average Bonchev–Trinajstić information content (AvgIpc) is 3.30. The normalized spacial score (nSPS) is 12.0. The zero-order chi connectivity index (χ0) is 21.4. The van der Waals surface area contributed by atoms with Gasteiger partial charge in [-0.2, -0.15) is 0 Å². The topological polar surface area (TPSA) is 94.9 Å². The molecule has 2 aromatic heterocycles. The lowest BCUT2D eigenvalue weighted by Crippen LogP contribution is -2.30. The van der Waals surface area contributed by atoms with Gasteiger partial charge >= 0.3 is 0 Å². The van der Waals surface area contributed by atoms with Gasteiger partial charge in [0.15, 0.2) is 0 Å². The van der Waals surface area contributed by atoms with Crippen molar-refractivity contribution in [1.82, 2.24) is 4.98 Å². The van der Waals surface area contributed by atoms with Gasteiger partial charge in [-0.1, -0.05) is 29.4 Å². The smallest absolute Gasteiger partial charge is 0.265 e. The molecule has 3 aromatic rings. The third-order valence-corrected chi connectivity index (χ3v) is 7.28. The Hall–Kier alpha value is -2.91. The number of rotatable bonds is 10. The van der Waals surface area contributed by atoms with Crippen LogP contribution >= 0.6 is 11.3 Å². The van der Waals surface area contributed by atoms with Gasteiger partial charge in [0.1, 0.15) is 10.7 Å². The maximum absolute atomic E-state index is 13.0. The minimum absolute atomic E-state index is 0.145. The summed E-state index contributed by atoms with van der Waals surface area (Å²) in [5, 5.41) is 17.7. The van der Waals surface area contributed by atoms with Crippen LogP contribution < -0.4 is 9.62 Å². The Morgan fingerprint density at radius 1 is 1.17 bits per heavy atom. The Kier molecular flexibility index (Phi) is 7.42. The van der Waals surface area contributed by atoms with Crippen molar-refractivity contribution in [3.63, 3.8) is 0 Å². The predicted octanol–water partition coefficient (Wildman–Crippen LogP) is 4.43. The lowest BCUT2D eigenvalue weighted by molar-refractivity contribution is 0.318. The molecule has 158 valence electrons. The molecule has 30 heavy (non-hydrogen) atoms. The van der Waals surface area contributed by atoms with Crippen molar-refractivity contribution >= 4 is 38.6 Å². The zero-order valence-electron chi connectivity index (χ0n) is 16.6. The lowest BCUT2D eigenvalue weighted by atomic mass is 10.2. The second kappa shape index (κ2) is 10.2. The Bertz CT molecular complexity index is 1050. The summed E-state index contributed by atoms with van der Waals surface area (Å²) in [5.74, 6) is 0.593. The number of para-hydroxylation sites is 1. The van der Waals surface area contributed by atoms with E-state index in [2.05, 4.69) is 15.5 Å². The van der Waals surface area contributed by atoms with Gasteiger partial charge in [0, 0.05) is 19.3 Å². The summed E-state index contributed by atoms with van der Waals surface area (Å²) in [6.45, 7) is 2.74. The fraction of sp³-hybridized carbons (Fsp3) is 0.238. The van der Waals surface area contributed by atoms with Crippen LogP contribution in [0.2, 0.25) is 0 Å². The number of pyridine rings is 1. The van der Waals surface area contributed by atoms with Gasteiger partial charge in [0.25, 0.3) is 10.0 Å². The van der Waals surface area contributed by atoms with Gasteiger partial charge in [0.05, 0.1) is 16.3 Å². The van der Waals surface area contributed by atoms with Crippen molar-refractivity contribution in [2.24, 2.45) is 5.16 Å². The van der Waals surface area contributed by atoms with Gasteiger partial charge in [-0.15, -0.1) is 11.3 Å². The van der Waals surface area contributed by atoms with Crippen LogP contribution in [0.3, 0.4) is 0 Å². The first-order valence-corrected chi connectivity index (χ1v) is 11.9. The Morgan fingerprint density at radius 2 is 1.97 bits per heavy atom. The number of anilines is 2. The SMILES string of the molecule is CCN(c1ccccc1)S(=O)(=O)c1ccc(NCCCC(=NO)c2cccs2)nc1. The fourth-order valence-electron chi connectivity index (χ4n) is 2.99. The molecule has 2 heterocycles. The van der Waals surface area contributed by atoms with Gasteiger partial charge in [-0.05, 0) is 55.5 Å². The summed E-state index contributed by atoms with van der Waals surface area (Å²) in [5.41, 5.74) is 1.27. The molecule has 1 aromatic carbocycles. The van der Waals surface area contributed by atoms with E-state index in [1.807, 2.05) is 35.7 Å². The van der Waals surface area contributed by atoms with Crippen LogP contribution in [0.4, 0.5) is 11.5 Å². The van der Waals surface area contributed by atoms with Crippen LogP contribution in [-0.4, -0.2) is 37.4 Å². The molecule has 0 atom stereocenters. The number of nitrogens with zero attached hydrogens (tertiary/aromatic N) is 3. The Labute approximate surface area is 180 Å². The highest BCUT2D eigenvalue weighted by Crippen LogP contribution is 2.23. The first kappa shape index (κ1) is 21.8. The van der Waals surface area contributed by atoms with Crippen LogP contribution in [0.15, 0.2) is 76.2 Å². The zero-order valence-corrected chi connectivity index (χ0v) is 18.2.